The van der Waals surface area contributed by atoms with E-state index in [0.717, 1.165) is 22.9 Å². The van der Waals surface area contributed by atoms with Gasteiger partial charge in [-0.15, -0.1) is 0 Å². The van der Waals surface area contributed by atoms with Crippen molar-refractivity contribution >= 4 is 79.1 Å². The minimum absolute atomic E-state index is 0.205. The van der Waals surface area contributed by atoms with Gasteiger partial charge in [0.05, 0.1) is 7.14 Å². The maximum atomic E-state index is 12.3. The summed E-state index contributed by atoms with van der Waals surface area (Å²) in [5.74, 6) is -0.972. The highest BCUT2D eigenvalue weighted by Crippen LogP contribution is 2.30. The summed E-state index contributed by atoms with van der Waals surface area (Å²) in [5.41, 5.74) is 1.86. The number of hydrogen-bond acceptors (Lipinski definition) is 3. The van der Waals surface area contributed by atoms with Crippen molar-refractivity contribution < 1.29 is 19.4 Å². The third-order valence-corrected chi connectivity index (χ3v) is 6.21. The van der Waals surface area contributed by atoms with Crippen molar-refractivity contribution in [3.8, 4) is 5.75 Å². The Morgan fingerprint density at radius 3 is 2.29 bits per heavy atom. The van der Waals surface area contributed by atoms with Gasteiger partial charge in [0.1, 0.15) is 18.1 Å². The molecule has 0 atom stereocenters. The summed E-state index contributed by atoms with van der Waals surface area (Å²) >= 11 is 7.76. The monoisotopic (exact) mass is 703 g/mol. The molecule has 5 nitrogen and oxygen atoms in total. The first-order valence-corrected chi connectivity index (χ1v) is 12.0. The average Bonchev–Trinajstić information content (AvgIpc) is 2.73. The van der Waals surface area contributed by atoms with Crippen molar-refractivity contribution in [3.05, 3.63) is 101 Å². The Bertz CT molecular complexity index is 1130. The Morgan fingerprint density at radius 1 is 1.00 bits per heavy atom. The van der Waals surface area contributed by atoms with Crippen LogP contribution in [0.25, 0.3) is 6.08 Å². The summed E-state index contributed by atoms with van der Waals surface area (Å²) in [6.45, 7) is 0.411. The Hall–Kier alpha value is -1.92. The van der Waals surface area contributed by atoms with Crippen LogP contribution in [0.15, 0.2) is 76.9 Å². The number of halogens is 3. The number of aliphatic carboxylic acids is 1. The van der Waals surface area contributed by atoms with Gasteiger partial charge in [0, 0.05) is 10.0 Å². The van der Waals surface area contributed by atoms with E-state index in [1.165, 1.54) is 6.08 Å². The molecule has 0 aliphatic rings. The Balaban J connectivity index is 1.80. The molecule has 0 aliphatic carbocycles. The lowest BCUT2D eigenvalue weighted by Gasteiger charge is -2.12. The van der Waals surface area contributed by atoms with Crippen LogP contribution in [0.4, 0.5) is 0 Å². The molecule has 0 radical (unpaired) electrons. The maximum Gasteiger partial charge on any atom is 0.352 e. The molecule has 0 aliphatic heterocycles. The third kappa shape index (κ3) is 6.78. The van der Waals surface area contributed by atoms with E-state index >= 15 is 0 Å². The van der Waals surface area contributed by atoms with Gasteiger partial charge in [0.25, 0.3) is 5.91 Å². The van der Waals surface area contributed by atoms with Crippen LogP contribution in [0.2, 0.25) is 0 Å². The van der Waals surface area contributed by atoms with E-state index in [2.05, 4.69) is 66.4 Å². The number of hydrogen-bond donors (Lipinski definition) is 2. The van der Waals surface area contributed by atoms with Crippen LogP contribution in [0.1, 0.15) is 21.5 Å². The number of ether oxygens (including phenoxy) is 1. The van der Waals surface area contributed by atoms with Crippen LogP contribution in [-0.2, 0) is 11.4 Å². The van der Waals surface area contributed by atoms with Gasteiger partial charge >= 0.3 is 5.97 Å². The van der Waals surface area contributed by atoms with Gasteiger partial charge < -0.3 is 15.2 Å². The predicted octanol–water partition coefficient (Wildman–Crippen LogP) is 6.09. The van der Waals surface area contributed by atoms with Crippen LogP contribution in [0.3, 0.4) is 0 Å². The zero-order valence-electron chi connectivity index (χ0n) is 15.9. The molecule has 3 aromatic carbocycles. The molecule has 0 aromatic heterocycles. The predicted molar refractivity (Wildman–Crippen MR) is 140 cm³/mol. The van der Waals surface area contributed by atoms with Crippen molar-refractivity contribution in [2.45, 2.75) is 6.61 Å². The molecule has 3 aromatic rings. The highest BCUT2D eigenvalue weighted by atomic mass is 127. The Labute approximate surface area is 215 Å². The zero-order chi connectivity index (χ0) is 22.4. The fourth-order valence-corrected chi connectivity index (χ4v) is 5.26. The first-order valence-electron chi connectivity index (χ1n) is 9.01. The second-order valence-electron chi connectivity index (χ2n) is 6.42. The van der Waals surface area contributed by atoms with E-state index in [1.54, 1.807) is 30.3 Å². The molecule has 31 heavy (non-hydrogen) atoms. The van der Waals surface area contributed by atoms with Crippen molar-refractivity contribution in [1.82, 2.24) is 5.32 Å². The van der Waals surface area contributed by atoms with Gasteiger partial charge in [-0.3, -0.25) is 4.79 Å². The topological polar surface area (TPSA) is 75.6 Å². The van der Waals surface area contributed by atoms with Gasteiger partial charge in [0.2, 0.25) is 0 Å². The molecule has 158 valence electrons. The number of carboxylic acids is 1. The van der Waals surface area contributed by atoms with Gasteiger partial charge in [-0.25, -0.2) is 4.79 Å². The van der Waals surface area contributed by atoms with Crippen molar-refractivity contribution in [2.24, 2.45) is 0 Å². The summed E-state index contributed by atoms with van der Waals surface area (Å²) < 4.78 is 8.66. The lowest BCUT2D eigenvalue weighted by molar-refractivity contribution is -0.132. The first kappa shape index (κ1) is 23.7. The first-order chi connectivity index (χ1) is 14.8. The van der Waals surface area contributed by atoms with Gasteiger partial charge in [-0.1, -0.05) is 46.3 Å². The summed E-state index contributed by atoms with van der Waals surface area (Å²) in [4.78, 5) is 24.0. The number of carbonyl (C=O) groups is 2. The van der Waals surface area contributed by atoms with Crippen LogP contribution in [-0.4, -0.2) is 17.0 Å². The van der Waals surface area contributed by atoms with E-state index in [-0.39, 0.29) is 5.70 Å². The molecule has 0 heterocycles. The van der Waals surface area contributed by atoms with Gasteiger partial charge in [-0.2, -0.15) is 0 Å². The molecule has 8 heteroatoms. The van der Waals surface area contributed by atoms with Crippen LogP contribution < -0.4 is 10.1 Å². The molecule has 0 unspecified atom stereocenters. The zero-order valence-corrected chi connectivity index (χ0v) is 21.8. The average molecular weight is 704 g/mol. The number of carbonyl (C=O) groups excluding carboxylic acids is 1. The van der Waals surface area contributed by atoms with Crippen molar-refractivity contribution in [2.75, 3.05) is 0 Å². The van der Waals surface area contributed by atoms with Crippen LogP contribution >= 0.6 is 61.1 Å². The summed E-state index contributed by atoms with van der Waals surface area (Å²) in [6.07, 6.45) is 1.44. The third-order valence-electron chi connectivity index (χ3n) is 4.12. The number of rotatable bonds is 7. The van der Waals surface area contributed by atoms with E-state index < -0.39 is 11.9 Å². The summed E-state index contributed by atoms with van der Waals surface area (Å²) in [5, 5.41) is 12.0. The molecule has 0 spiro atoms. The lowest BCUT2D eigenvalue weighted by atomic mass is 10.1. The number of nitrogens with one attached hydrogen (secondary N) is 1. The summed E-state index contributed by atoms with van der Waals surface area (Å²) in [6, 6.07) is 20.0. The fraction of sp³-hybridized carbons (Fsp3) is 0.0435. The standard InChI is InChI=1S/C23H16BrI2NO4/c24-17-8-4-5-14(9-17)13-31-21-18(25)10-15(11-19(21)26)12-20(23(29)30)27-22(28)16-6-2-1-3-7-16/h1-12H,13H2,(H,27,28)(H,29,30)/b20-12+. The highest BCUT2D eigenvalue weighted by molar-refractivity contribution is 14.1. The largest absolute Gasteiger partial charge is 0.487 e. The molecule has 0 saturated carbocycles. The fourth-order valence-electron chi connectivity index (χ4n) is 2.68. The molecule has 3 rings (SSSR count). The smallest absolute Gasteiger partial charge is 0.352 e. The Kier molecular flexibility index (Phi) is 8.50. The lowest BCUT2D eigenvalue weighted by Crippen LogP contribution is -2.27. The SMILES string of the molecule is O=C(O)/C(=C\c1cc(I)c(OCc2cccc(Br)c2)c(I)c1)NC(=O)c1ccccc1. The van der Waals surface area contributed by atoms with E-state index in [1.807, 2.05) is 36.4 Å². The molecule has 0 bridgehead atoms. The maximum absolute atomic E-state index is 12.3. The molecule has 2 N–H and O–H groups in total. The molecular weight excluding hydrogens is 688 g/mol. The summed E-state index contributed by atoms with van der Waals surface area (Å²) in [7, 11) is 0. The Morgan fingerprint density at radius 2 is 1.68 bits per heavy atom. The minimum Gasteiger partial charge on any atom is -0.487 e. The molecule has 0 saturated heterocycles. The number of amides is 1. The van der Waals surface area contributed by atoms with Gasteiger partial charge in [-0.05, 0) is 98.8 Å². The highest BCUT2D eigenvalue weighted by Gasteiger charge is 2.15. The molecule has 0 fully saturated rings. The normalized spacial score (nSPS) is 11.1. The second kappa shape index (κ2) is 11.1. The quantitative estimate of drug-likeness (QED) is 0.231. The number of carboxylic acid groups (broad SMARTS) is 1. The van der Waals surface area contributed by atoms with Crippen molar-refractivity contribution in [1.29, 1.82) is 0 Å². The molecule has 1 amide bonds. The van der Waals surface area contributed by atoms with Crippen LogP contribution in [0, 0.1) is 7.14 Å². The van der Waals surface area contributed by atoms with Crippen molar-refractivity contribution in [3.63, 3.8) is 0 Å². The molecular formula is C23H16BrI2NO4. The van der Waals surface area contributed by atoms with E-state index in [9.17, 15) is 14.7 Å². The van der Waals surface area contributed by atoms with Gasteiger partial charge in [0.15, 0.2) is 0 Å². The second-order valence-corrected chi connectivity index (χ2v) is 9.66. The number of benzene rings is 3. The van der Waals surface area contributed by atoms with E-state index in [0.29, 0.717) is 17.7 Å². The van der Waals surface area contributed by atoms with E-state index in [4.69, 9.17) is 4.74 Å². The minimum atomic E-state index is -1.22. The van der Waals surface area contributed by atoms with Crippen LogP contribution in [0.5, 0.6) is 5.75 Å².